The van der Waals surface area contributed by atoms with Crippen LogP contribution in [0, 0.1) is 12.8 Å². The van der Waals surface area contributed by atoms with Gasteiger partial charge in [-0.3, -0.25) is 0 Å². The highest BCUT2D eigenvalue weighted by Crippen LogP contribution is 2.38. The Hall–Kier alpha value is -2.94. The molecule has 0 fully saturated rings. The number of pyridine rings is 1. The fourth-order valence-corrected chi connectivity index (χ4v) is 3.92. The van der Waals surface area contributed by atoms with Crippen LogP contribution in [0.2, 0.25) is 0 Å². The largest absolute Gasteiger partial charge is 0.478 e. The van der Waals surface area contributed by atoms with E-state index < -0.39 is 5.97 Å². The summed E-state index contributed by atoms with van der Waals surface area (Å²) in [6, 6.07) is 15.8. The summed E-state index contributed by atoms with van der Waals surface area (Å²) in [6.45, 7) is 4.27. The zero-order valence-corrected chi connectivity index (χ0v) is 15.0. The van der Waals surface area contributed by atoms with E-state index in [-0.39, 0.29) is 0 Å². The Morgan fingerprint density at radius 1 is 1.12 bits per heavy atom. The molecular formula is C23H21NO2. The van der Waals surface area contributed by atoms with Crippen LogP contribution in [-0.2, 0) is 6.42 Å². The van der Waals surface area contributed by atoms with E-state index in [0.29, 0.717) is 11.5 Å². The van der Waals surface area contributed by atoms with E-state index in [1.807, 2.05) is 36.4 Å². The normalized spacial score (nSPS) is 18.1. The average Bonchev–Trinajstić information content (AvgIpc) is 2.61. The van der Waals surface area contributed by atoms with Crippen LogP contribution in [0.15, 0.2) is 48.5 Å². The smallest absolute Gasteiger partial charge is 0.336 e. The van der Waals surface area contributed by atoms with E-state index in [4.69, 9.17) is 4.98 Å². The van der Waals surface area contributed by atoms with E-state index in [0.717, 1.165) is 46.1 Å². The number of nitrogens with zero attached hydrogens (tertiary/aromatic N) is 1. The van der Waals surface area contributed by atoms with Crippen LogP contribution in [0.3, 0.4) is 0 Å². The lowest BCUT2D eigenvalue weighted by Gasteiger charge is -2.26. The second-order valence-corrected chi connectivity index (χ2v) is 7.18. The van der Waals surface area contributed by atoms with E-state index in [9.17, 15) is 9.90 Å². The summed E-state index contributed by atoms with van der Waals surface area (Å²) in [5.41, 5.74) is 6.37. The van der Waals surface area contributed by atoms with Crippen molar-refractivity contribution in [2.24, 2.45) is 5.92 Å². The molecule has 4 rings (SSSR count). The summed E-state index contributed by atoms with van der Waals surface area (Å²) in [7, 11) is 0. The number of carboxylic acid groups (broad SMARTS) is 1. The molecule has 0 aliphatic heterocycles. The van der Waals surface area contributed by atoms with Gasteiger partial charge in [0.1, 0.15) is 0 Å². The standard InChI is InChI=1S/C23H21NO2/c1-14-11-17(13-16-8-4-3-7-15(16)2)22-19(12-14)21(23(25)26)18-9-5-6-10-20(18)24-22/h3-10,13-14H,11-12H2,1-2H3,(H,25,26)/b17-13+/t14-/m1/s1. The monoisotopic (exact) mass is 343 g/mol. The zero-order valence-electron chi connectivity index (χ0n) is 15.0. The van der Waals surface area contributed by atoms with Gasteiger partial charge in [0.15, 0.2) is 0 Å². The molecule has 2 aromatic carbocycles. The number of hydrogen-bond acceptors (Lipinski definition) is 2. The van der Waals surface area contributed by atoms with Gasteiger partial charge in [-0.05, 0) is 60.1 Å². The van der Waals surface area contributed by atoms with Crippen molar-refractivity contribution in [3.63, 3.8) is 0 Å². The number of para-hydroxylation sites is 1. The third-order valence-corrected chi connectivity index (χ3v) is 5.15. The summed E-state index contributed by atoms with van der Waals surface area (Å²) in [4.78, 5) is 16.9. The number of carboxylic acids is 1. The Labute approximate surface area is 153 Å². The zero-order chi connectivity index (χ0) is 18.3. The molecule has 1 aliphatic carbocycles. The minimum atomic E-state index is -0.871. The molecule has 3 heteroatoms. The number of aromatic carboxylic acids is 1. The molecule has 0 saturated heterocycles. The molecule has 1 aromatic heterocycles. The summed E-state index contributed by atoms with van der Waals surface area (Å²) in [5, 5.41) is 10.6. The highest BCUT2D eigenvalue weighted by Gasteiger charge is 2.27. The van der Waals surface area contributed by atoms with Crippen molar-refractivity contribution < 1.29 is 9.90 Å². The van der Waals surface area contributed by atoms with Crippen molar-refractivity contribution in [1.82, 2.24) is 4.98 Å². The average molecular weight is 343 g/mol. The van der Waals surface area contributed by atoms with Crippen molar-refractivity contribution in [2.45, 2.75) is 26.7 Å². The molecule has 0 spiro atoms. The topological polar surface area (TPSA) is 50.2 Å². The number of allylic oxidation sites excluding steroid dienone is 1. The van der Waals surface area contributed by atoms with Crippen molar-refractivity contribution in [1.29, 1.82) is 0 Å². The minimum absolute atomic E-state index is 0.388. The quantitative estimate of drug-likeness (QED) is 0.681. The third kappa shape index (κ3) is 2.80. The van der Waals surface area contributed by atoms with Gasteiger partial charge in [0.05, 0.1) is 16.8 Å². The Morgan fingerprint density at radius 2 is 1.85 bits per heavy atom. The molecule has 0 saturated carbocycles. The van der Waals surface area contributed by atoms with Gasteiger partial charge < -0.3 is 5.11 Å². The maximum atomic E-state index is 12.1. The first kappa shape index (κ1) is 16.5. The lowest BCUT2D eigenvalue weighted by Crippen LogP contribution is -2.17. The molecule has 0 amide bonds. The van der Waals surface area contributed by atoms with Gasteiger partial charge >= 0.3 is 5.97 Å². The fraction of sp³-hybridized carbons (Fsp3) is 0.217. The molecule has 1 heterocycles. The van der Waals surface area contributed by atoms with Crippen LogP contribution in [0.4, 0.5) is 0 Å². The Bertz CT molecular complexity index is 1050. The molecule has 26 heavy (non-hydrogen) atoms. The number of aromatic nitrogens is 1. The SMILES string of the molecule is Cc1ccccc1/C=C1\C[C@@H](C)Cc2c1nc1ccccc1c2C(=O)O. The molecule has 3 nitrogen and oxygen atoms in total. The number of benzene rings is 2. The summed E-state index contributed by atoms with van der Waals surface area (Å²) in [6.07, 6.45) is 3.84. The van der Waals surface area contributed by atoms with Gasteiger partial charge in [0, 0.05) is 5.39 Å². The van der Waals surface area contributed by atoms with E-state index in [2.05, 4.69) is 32.1 Å². The molecule has 130 valence electrons. The number of rotatable bonds is 2. The van der Waals surface area contributed by atoms with E-state index >= 15 is 0 Å². The summed E-state index contributed by atoms with van der Waals surface area (Å²) in [5.74, 6) is -0.483. The first-order valence-electron chi connectivity index (χ1n) is 8.96. The van der Waals surface area contributed by atoms with Crippen molar-refractivity contribution in [3.05, 3.63) is 76.5 Å². The molecular weight excluding hydrogens is 322 g/mol. The highest BCUT2D eigenvalue weighted by molar-refractivity contribution is 6.06. The maximum Gasteiger partial charge on any atom is 0.336 e. The lowest BCUT2D eigenvalue weighted by molar-refractivity contribution is 0.0697. The molecule has 1 atom stereocenters. The number of fused-ring (bicyclic) bond motifs is 2. The second-order valence-electron chi connectivity index (χ2n) is 7.18. The number of hydrogen-bond donors (Lipinski definition) is 1. The van der Waals surface area contributed by atoms with Crippen LogP contribution in [-0.4, -0.2) is 16.1 Å². The van der Waals surface area contributed by atoms with Crippen molar-refractivity contribution in [3.8, 4) is 0 Å². The second kappa shape index (κ2) is 6.41. The van der Waals surface area contributed by atoms with Crippen LogP contribution < -0.4 is 0 Å². The first-order chi connectivity index (χ1) is 12.5. The van der Waals surface area contributed by atoms with Gasteiger partial charge in [-0.15, -0.1) is 0 Å². The number of aryl methyl sites for hydroxylation is 1. The maximum absolute atomic E-state index is 12.1. The minimum Gasteiger partial charge on any atom is -0.478 e. The van der Waals surface area contributed by atoms with Gasteiger partial charge in [0.2, 0.25) is 0 Å². The van der Waals surface area contributed by atoms with Gasteiger partial charge in [-0.1, -0.05) is 49.4 Å². The summed E-state index contributed by atoms with van der Waals surface area (Å²) >= 11 is 0. The Kier molecular flexibility index (Phi) is 4.08. The molecule has 0 radical (unpaired) electrons. The molecule has 3 aromatic rings. The Morgan fingerprint density at radius 3 is 2.62 bits per heavy atom. The predicted octanol–water partition coefficient (Wildman–Crippen LogP) is 5.36. The molecule has 1 aliphatic rings. The third-order valence-electron chi connectivity index (χ3n) is 5.15. The van der Waals surface area contributed by atoms with Crippen LogP contribution in [0.1, 0.15) is 46.1 Å². The van der Waals surface area contributed by atoms with Gasteiger partial charge in [0.25, 0.3) is 0 Å². The van der Waals surface area contributed by atoms with Crippen LogP contribution in [0.5, 0.6) is 0 Å². The number of carbonyl (C=O) groups is 1. The fourth-order valence-electron chi connectivity index (χ4n) is 3.92. The van der Waals surface area contributed by atoms with E-state index in [1.54, 1.807) is 0 Å². The van der Waals surface area contributed by atoms with Gasteiger partial charge in [-0.2, -0.15) is 0 Å². The van der Waals surface area contributed by atoms with Crippen molar-refractivity contribution in [2.75, 3.05) is 0 Å². The Balaban J connectivity index is 2.01. The van der Waals surface area contributed by atoms with Crippen molar-refractivity contribution >= 4 is 28.5 Å². The molecule has 0 bridgehead atoms. The van der Waals surface area contributed by atoms with Crippen LogP contribution >= 0.6 is 0 Å². The first-order valence-corrected chi connectivity index (χ1v) is 8.96. The molecule has 0 unspecified atom stereocenters. The lowest BCUT2D eigenvalue weighted by atomic mass is 9.80. The van der Waals surface area contributed by atoms with Crippen LogP contribution in [0.25, 0.3) is 22.6 Å². The highest BCUT2D eigenvalue weighted by atomic mass is 16.4. The van der Waals surface area contributed by atoms with E-state index in [1.165, 1.54) is 5.56 Å². The molecule has 1 N–H and O–H groups in total. The summed E-state index contributed by atoms with van der Waals surface area (Å²) < 4.78 is 0. The predicted molar refractivity (Wildman–Crippen MR) is 105 cm³/mol. The van der Waals surface area contributed by atoms with Gasteiger partial charge in [-0.25, -0.2) is 9.78 Å².